The second-order valence-corrected chi connectivity index (χ2v) is 6.30. The molecule has 0 atom stereocenters. The Kier molecular flexibility index (Phi) is 4.53. The van der Waals surface area contributed by atoms with Gasteiger partial charge in [-0.25, -0.2) is 0 Å². The van der Waals surface area contributed by atoms with Crippen molar-refractivity contribution in [3.63, 3.8) is 0 Å². The molecule has 0 spiro atoms. The van der Waals surface area contributed by atoms with Gasteiger partial charge in [-0.05, 0) is 34.4 Å². The molecular weight excluding hydrogens is 413 g/mol. The second kappa shape index (κ2) is 6.57. The molecule has 0 aliphatic carbocycles. The van der Waals surface area contributed by atoms with Gasteiger partial charge in [0.25, 0.3) is 5.69 Å². The zero-order valence-corrected chi connectivity index (χ0v) is 14.3. The van der Waals surface area contributed by atoms with Crippen LogP contribution in [0.4, 0.5) is 17.1 Å². The zero-order valence-electron chi connectivity index (χ0n) is 11.3. The molecule has 3 rings (SSSR count). The molecule has 0 radical (unpaired) electrons. The molecule has 0 amide bonds. The smallest absolute Gasteiger partial charge is 0.270 e. The maximum Gasteiger partial charge on any atom is 0.270 e. The van der Waals surface area contributed by atoms with Crippen LogP contribution in [0.5, 0.6) is 5.75 Å². The summed E-state index contributed by atoms with van der Waals surface area (Å²) in [6.07, 6.45) is 1.92. The number of rotatable bonds is 4. The molecule has 7 heteroatoms. The minimum atomic E-state index is -0.383. The van der Waals surface area contributed by atoms with Gasteiger partial charge in [0, 0.05) is 21.9 Å². The van der Waals surface area contributed by atoms with E-state index < -0.39 is 0 Å². The molecule has 2 aromatic carbocycles. The van der Waals surface area contributed by atoms with Crippen LogP contribution in [0.15, 0.2) is 56.3 Å². The van der Waals surface area contributed by atoms with Gasteiger partial charge in [-0.3, -0.25) is 10.1 Å². The number of anilines is 2. The molecule has 0 unspecified atom stereocenters. The Labute approximate surface area is 145 Å². The molecule has 0 aromatic heterocycles. The average molecular weight is 424 g/mol. The van der Waals surface area contributed by atoms with Crippen LogP contribution in [-0.2, 0) is 0 Å². The molecule has 0 fully saturated rings. The lowest BCUT2D eigenvalue weighted by molar-refractivity contribution is -0.385. The van der Waals surface area contributed by atoms with E-state index in [1.807, 2.05) is 28.4 Å². The third kappa shape index (κ3) is 3.20. The molecule has 1 N–H and O–H groups in total. The predicted molar refractivity (Wildman–Crippen MR) is 95.6 cm³/mol. The van der Waals surface area contributed by atoms with Crippen LogP contribution in [0.3, 0.4) is 0 Å². The molecule has 0 saturated carbocycles. The van der Waals surface area contributed by atoms with E-state index in [0.717, 1.165) is 26.9 Å². The summed E-state index contributed by atoms with van der Waals surface area (Å²) in [4.78, 5) is 12.3. The highest BCUT2D eigenvalue weighted by molar-refractivity contribution is 14.1. The second-order valence-electron chi connectivity index (χ2n) is 4.50. The lowest BCUT2D eigenvalue weighted by Gasteiger charge is -2.21. The number of ether oxygens (including phenoxy) is 1. The normalized spacial score (nSPS) is 12.4. The first-order valence-corrected chi connectivity index (χ1v) is 8.49. The number of nitrogens with zero attached hydrogens (tertiary/aromatic N) is 1. The molecule has 22 heavy (non-hydrogen) atoms. The largest absolute Gasteiger partial charge is 0.489 e. The molecule has 0 saturated heterocycles. The van der Waals surface area contributed by atoms with E-state index in [1.54, 1.807) is 12.1 Å². The van der Waals surface area contributed by atoms with E-state index in [4.69, 9.17) is 4.74 Å². The maximum atomic E-state index is 10.9. The van der Waals surface area contributed by atoms with E-state index >= 15 is 0 Å². The lowest BCUT2D eigenvalue weighted by Crippen LogP contribution is -2.01. The number of benzene rings is 2. The van der Waals surface area contributed by atoms with Gasteiger partial charge in [-0.15, -0.1) is 0 Å². The van der Waals surface area contributed by atoms with Crippen molar-refractivity contribution in [3.05, 3.63) is 56.7 Å². The molecule has 112 valence electrons. The summed E-state index contributed by atoms with van der Waals surface area (Å²) >= 11 is 3.64. The minimum Gasteiger partial charge on any atom is -0.489 e. The Balaban J connectivity index is 1.86. The highest BCUT2D eigenvalue weighted by atomic mass is 125. The molecule has 5 nitrogen and oxygen atoms in total. The fourth-order valence-electron chi connectivity index (χ4n) is 2.04. The summed E-state index contributed by atoms with van der Waals surface area (Å²) < 4.78 is 7.53. The highest BCUT2D eigenvalue weighted by Gasteiger charge is 2.19. The quantitative estimate of drug-likeness (QED) is 0.358. The SMILES string of the molecule is O=[N+]([O-])c1ccc2c(c1)Sc1cc(OCC=C[125I])ccc1N2. The molecule has 1 aliphatic rings. The van der Waals surface area contributed by atoms with Gasteiger partial charge in [0.2, 0.25) is 0 Å². The van der Waals surface area contributed by atoms with E-state index in [9.17, 15) is 10.1 Å². The number of nitrogens with one attached hydrogen (secondary N) is 1. The first kappa shape index (κ1) is 15.2. The van der Waals surface area contributed by atoms with Crippen molar-refractivity contribution < 1.29 is 9.66 Å². The number of nitro benzene ring substituents is 1. The van der Waals surface area contributed by atoms with Gasteiger partial charge in [0.15, 0.2) is 0 Å². The number of halogens is 1. The highest BCUT2D eigenvalue weighted by Crippen LogP contribution is 2.46. The van der Waals surface area contributed by atoms with Gasteiger partial charge < -0.3 is 10.1 Å². The van der Waals surface area contributed by atoms with Crippen molar-refractivity contribution in [1.82, 2.24) is 0 Å². The number of nitro groups is 1. The summed E-state index contributed by atoms with van der Waals surface area (Å²) in [7, 11) is 0. The summed E-state index contributed by atoms with van der Waals surface area (Å²) in [5, 5.41) is 14.2. The van der Waals surface area contributed by atoms with Gasteiger partial charge >= 0.3 is 0 Å². The average Bonchev–Trinajstić information content (AvgIpc) is 2.52. The van der Waals surface area contributed by atoms with Gasteiger partial charge in [0.05, 0.1) is 16.3 Å². The lowest BCUT2D eigenvalue weighted by atomic mass is 10.2. The topological polar surface area (TPSA) is 64.4 Å². The summed E-state index contributed by atoms with van der Waals surface area (Å²) in [5.74, 6) is 0.774. The molecule has 2 aromatic rings. The van der Waals surface area contributed by atoms with Crippen molar-refractivity contribution in [1.29, 1.82) is 0 Å². The van der Waals surface area contributed by atoms with E-state index in [2.05, 4.69) is 27.9 Å². The van der Waals surface area contributed by atoms with Crippen LogP contribution in [-0.4, -0.2) is 11.5 Å². The first-order chi connectivity index (χ1) is 10.7. The van der Waals surface area contributed by atoms with E-state index in [1.165, 1.54) is 17.8 Å². The van der Waals surface area contributed by atoms with Gasteiger partial charge in [0.1, 0.15) is 12.4 Å². The first-order valence-electron chi connectivity index (χ1n) is 6.43. The summed E-state index contributed by atoms with van der Waals surface area (Å²) in [6, 6.07) is 10.6. The number of non-ortho nitro benzene ring substituents is 1. The Morgan fingerprint density at radius 3 is 2.68 bits per heavy atom. The number of hydrogen-bond donors (Lipinski definition) is 1. The molecule has 1 heterocycles. The zero-order chi connectivity index (χ0) is 15.5. The van der Waals surface area contributed by atoms with Gasteiger partial charge in [-0.1, -0.05) is 34.4 Å². The third-order valence-electron chi connectivity index (χ3n) is 3.05. The third-order valence-corrected chi connectivity index (χ3v) is 4.68. The van der Waals surface area contributed by atoms with Crippen molar-refractivity contribution in [2.24, 2.45) is 0 Å². The standard InChI is InChI=1S/C15H11IN2O3S/c16-6-1-7-21-11-3-5-13-15(9-11)22-14-8-10(18(19)20)2-4-12(14)17-13/h1-6,8-9,17H,7H2/i16-2. The number of fused-ring (bicyclic) bond motifs is 2. The fraction of sp³-hybridized carbons (Fsp3) is 0.0667. The van der Waals surface area contributed by atoms with Crippen molar-refractivity contribution >= 4 is 51.4 Å². The van der Waals surface area contributed by atoms with Crippen LogP contribution in [0, 0.1) is 10.1 Å². The van der Waals surface area contributed by atoms with E-state index in [-0.39, 0.29) is 10.6 Å². The Morgan fingerprint density at radius 2 is 1.95 bits per heavy atom. The number of hydrogen-bond acceptors (Lipinski definition) is 5. The Hall–Kier alpha value is -1.74. The fourth-order valence-corrected chi connectivity index (χ4v) is 3.29. The Bertz CT molecular complexity index is 764. The van der Waals surface area contributed by atoms with Crippen molar-refractivity contribution in [3.8, 4) is 5.75 Å². The maximum absolute atomic E-state index is 10.9. The van der Waals surface area contributed by atoms with Crippen molar-refractivity contribution in [2.45, 2.75) is 9.79 Å². The van der Waals surface area contributed by atoms with Gasteiger partial charge in [-0.2, -0.15) is 0 Å². The Morgan fingerprint density at radius 1 is 1.23 bits per heavy atom. The van der Waals surface area contributed by atoms with Crippen LogP contribution in [0.2, 0.25) is 0 Å². The molecule has 0 bridgehead atoms. The molecule has 1 aliphatic heterocycles. The van der Waals surface area contributed by atoms with Crippen LogP contribution in [0.1, 0.15) is 0 Å². The molecular formula is C15H11IN2O3S. The summed E-state index contributed by atoms with van der Waals surface area (Å²) in [6.45, 7) is 0.516. The van der Waals surface area contributed by atoms with Crippen LogP contribution >= 0.6 is 34.4 Å². The van der Waals surface area contributed by atoms with Crippen LogP contribution in [0.25, 0.3) is 0 Å². The monoisotopic (exact) mass is 424 g/mol. The minimum absolute atomic E-state index is 0.0936. The predicted octanol–water partition coefficient (Wildman–Crippen LogP) is 5.13. The van der Waals surface area contributed by atoms with Crippen LogP contribution < -0.4 is 10.1 Å². The summed E-state index contributed by atoms with van der Waals surface area (Å²) in [5.41, 5.74) is 1.95. The van der Waals surface area contributed by atoms with E-state index in [0.29, 0.717) is 6.61 Å². The van der Waals surface area contributed by atoms with Crippen molar-refractivity contribution in [2.75, 3.05) is 11.9 Å².